The molecule has 0 spiro atoms. The number of hydrogen-bond acceptors (Lipinski definition) is 3. The van der Waals surface area contributed by atoms with Crippen LogP contribution in [-0.2, 0) is 6.42 Å². The van der Waals surface area contributed by atoms with Gasteiger partial charge in [0.15, 0.2) is 0 Å². The Kier molecular flexibility index (Phi) is 2.48. The summed E-state index contributed by atoms with van der Waals surface area (Å²) in [6.45, 7) is 1.87. The van der Waals surface area contributed by atoms with Gasteiger partial charge in [0, 0.05) is 17.9 Å². The fraction of sp³-hybridized carbons (Fsp3) is 0.143. The van der Waals surface area contributed by atoms with Crippen molar-refractivity contribution < 1.29 is 4.42 Å². The maximum absolute atomic E-state index is 11.3. The number of para-hydroxylation sites is 1. The summed E-state index contributed by atoms with van der Waals surface area (Å²) in [5.74, 6) is 0.840. The van der Waals surface area contributed by atoms with Crippen LogP contribution in [0.15, 0.2) is 45.6 Å². The standard InChI is InChI=1S/C14H12N2O2/c1-9-11(8-14(17)16-15-9)7-12-6-10-4-2-3-5-13(10)18-12/h2-6,8H,7H2,1H3,(H,16,17). The average molecular weight is 240 g/mol. The first-order valence-corrected chi connectivity index (χ1v) is 5.75. The van der Waals surface area contributed by atoms with Gasteiger partial charge in [-0.1, -0.05) is 18.2 Å². The Balaban J connectivity index is 2.01. The van der Waals surface area contributed by atoms with E-state index in [-0.39, 0.29) is 5.56 Å². The zero-order valence-corrected chi connectivity index (χ0v) is 9.93. The molecule has 0 radical (unpaired) electrons. The highest BCUT2D eigenvalue weighted by molar-refractivity contribution is 5.77. The number of furan rings is 1. The molecule has 4 heteroatoms. The molecule has 1 N–H and O–H groups in total. The minimum atomic E-state index is -0.188. The quantitative estimate of drug-likeness (QED) is 0.748. The van der Waals surface area contributed by atoms with E-state index in [1.54, 1.807) is 6.07 Å². The zero-order chi connectivity index (χ0) is 12.5. The maximum Gasteiger partial charge on any atom is 0.264 e. The van der Waals surface area contributed by atoms with Gasteiger partial charge in [0.2, 0.25) is 0 Å². The molecular weight excluding hydrogens is 228 g/mol. The van der Waals surface area contributed by atoms with E-state index in [0.29, 0.717) is 6.42 Å². The second kappa shape index (κ2) is 4.14. The molecule has 90 valence electrons. The molecule has 18 heavy (non-hydrogen) atoms. The van der Waals surface area contributed by atoms with Crippen LogP contribution in [0.2, 0.25) is 0 Å². The number of nitrogens with zero attached hydrogens (tertiary/aromatic N) is 1. The van der Waals surface area contributed by atoms with E-state index in [2.05, 4.69) is 10.2 Å². The third-order valence-corrected chi connectivity index (χ3v) is 2.95. The lowest BCUT2D eigenvalue weighted by molar-refractivity contribution is 0.561. The zero-order valence-electron chi connectivity index (χ0n) is 9.93. The van der Waals surface area contributed by atoms with Gasteiger partial charge in [-0.2, -0.15) is 5.10 Å². The summed E-state index contributed by atoms with van der Waals surface area (Å²) in [5.41, 5.74) is 2.38. The van der Waals surface area contributed by atoms with Crippen molar-refractivity contribution in [3.05, 3.63) is 63.8 Å². The lowest BCUT2D eigenvalue weighted by atomic mass is 10.1. The van der Waals surface area contributed by atoms with Crippen LogP contribution in [0, 0.1) is 6.92 Å². The van der Waals surface area contributed by atoms with Crippen molar-refractivity contribution >= 4 is 11.0 Å². The van der Waals surface area contributed by atoms with Crippen molar-refractivity contribution in [3.8, 4) is 0 Å². The van der Waals surface area contributed by atoms with E-state index in [1.165, 1.54) is 0 Å². The summed E-state index contributed by atoms with van der Waals surface area (Å²) < 4.78 is 5.73. The van der Waals surface area contributed by atoms with Gasteiger partial charge in [0.05, 0.1) is 5.69 Å². The molecule has 0 fully saturated rings. The van der Waals surface area contributed by atoms with Crippen LogP contribution in [0.5, 0.6) is 0 Å². The lowest BCUT2D eigenvalue weighted by Crippen LogP contribution is -2.10. The van der Waals surface area contributed by atoms with E-state index in [4.69, 9.17) is 4.42 Å². The highest BCUT2D eigenvalue weighted by Gasteiger charge is 2.07. The molecule has 3 rings (SSSR count). The Morgan fingerprint density at radius 2 is 2.11 bits per heavy atom. The van der Waals surface area contributed by atoms with Crippen LogP contribution < -0.4 is 5.56 Å². The fourth-order valence-corrected chi connectivity index (χ4v) is 2.00. The Labute approximate surface area is 103 Å². The number of nitrogens with one attached hydrogen (secondary N) is 1. The van der Waals surface area contributed by atoms with E-state index < -0.39 is 0 Å². The first kappa shape index (κ1) is 10.8. The van der Waals surface area contributed by atoms with Crippen molar-refractivity contribution in [2.75, 3.05) is 0 Å². The van der Waals surface area contributed by atoms with E-state index in [1.807, 2.05) is 37.3 Å². The van der Waals surface area contributed by atoms with Crippen molar-refractivity contribution in [1.82, 2.24) is 10.2 Å². The van der Waals surface area contributed by atoms with Crippen molar-refractivity contribution in [3.63, 3.8) is 0 Å². The van der Waals surface area contributed by atoms with Gasteiger partial charge in [-0.15, -0.1) is 0 Å². The SMILES string of the molecule is Cc1n[nH]c(=O)cc1Cc1cc2ccccc2o1. The largest absolute Gasteiger partial charge is 0.461 e. The van der Waals surface area contributed by atoms with Crippen LogP contribution in [0.1, 0.15) is 17.0 Å². The van der Waals surface area contributed by atoms with Gasteiger partial charge in [0.1, 0.15) is 11.3 Å². The molecule has 0 aliphatic rings. The number of H-pyrrole nitrogens is 1. The summed E-state index contributed by atoms with van der Waals surface area (Å²) in [5, 5.41) is 7.44. The number of aromatic nitrogens is 2. The third-order valence-electron chi connectivity index (χ3n) is 2.95. The van der Waals surface area contributed by atoms with Gasteiger partial charge in [-0.05, 0) is 24.6 Å². The van der Waals surface area contributed by atoms with Crippen LogP contribution >= 0.6 is 0 Å². The molecule has 0 saturated heterocycles. The molecule has 0 bridgehead atoms. The predicted molar refractivity (Wildman–Crippen MR) is 68.6 cm³/mol. The summed E-state index contributed by atoms with van der Waals surface area (Å²) in [6, 6.07) is 11.4. The topological polar surface area (TPSA) is 58.9 Å². The Hall–Kier alpha value is -2.36. The van der Waals surface area contributed by atoms with Crippen molar-refractivity contribution in [1.29, 1.82) is 0 Å². The van der Waals surface area contributed by atoms with Crippen molar-refractivity contribution in [2.45, 2.75) is 13.3 Å². The van der Waals surface area contributed by atoms with Crippen molar-refractivity contribution in [2.24, 2.45) is 0 Å². The van der Waals surface area contributed by atoms with Crippen LogP contribution in [0.3, 0.4) is 0 Å². The molecule has 0 aliphatic carbocycles. The van der Waals surface area contributed by atoms with Crippen LogP contribution in [0.25, 0.3) is 11.0 Å². The molecule has 0 unspecified atom stereocenters. The Morgan fingerprint density at radius 3 is 2.94 bits per heavy atom. The predicted octanol–water partition coefficient (Wildman–Crippen LogP) is 2.42. The van der Waals surface area contributed by atoms with Gasteiger partial charge < -0.3 is 4.42 Å². The van der Waals surface area contributed by atoms with E-state index in [9.17, 15) is 4.79 Å². The average Bonchev–Trinajstić information content (AvgIpc) is 2.76. The minimum Gasteiger partial charge on any atom is -0.461 e. The highest BCUT2D eigenvalue weighted by atomic mass is 16.3. The number of benzene rings is 1. The normalized spacial score (nSPS) is 10.9. The number of rotatable bonds is 2. The highest BCUT2D eigenvalue weighted by Crippen LogP contribution is 2.21. The molecule has 0 saturated carbocycles. The van der Waals surface area contributed by atoms with E-state index in [0.717, 1.165) is 28.0 Å². The summed E-state index contributed by atoms with van der Waals surface area (Å²) in [7, 11) is 0. The number of hydrogen-bond donors (Lipinski definition) is 1. The lowest BCUT2D eigenvalue weighted by Gasteiger charge is -2.00. The fourth-order valence-electron chi connectivity index (χ4n) is 2.00. The third kappa shape index (κ3) is 1.93. The number of fused-ring (bicyclic) bond motifs is 1. The second-order valence-corrected chi connectivity index (χ2v) is 4.27. The monoisotopic (exact) mass is 240 g/mol. The molecule has 0 aliphatic heterocycles. The second-order valence-electron chi connectivity index (χ2n) is 4.27. The molecular formula is C14H12N2O2. The Morgan fingerprint density at radius 1 is 1.28 bits per heavy atom. The van der Waals surface area contributed by atoms with Gasteiger partial charge in [-0.3, -0.25) is 4.79 Å². The van der Waals surface area contributed by atoms with Gasteiger partial charge >= 0.3 is 0 Å². The Bertz CT molecular complexity index is 723. The first-order valence-electron chi connectivity index (χ1n) is 5.75. The van der Waals surface area contributed by atoms with Crippen LogP contribution in [-0.4, -0.2) is 10.2 Å². The first-order chi connectivity index (χ1) is 8.72. The molecule has 4 nitrogen and oxygen atoms in total. The van der Waals surface area contributed by atoms with E-state index >= 15 is 0 Å². The molecule has 2 heterocycles. The summed E-state index contributed by atoms with van der Waals surface area (Å²) in [6.07, 6.45) is 0.581. The molecule has 0 atom stereocenters. The molecule has 2 aromatic heterocycles. The summed E-state index contributed by atoms with van der Waals surface area (Å²) >= 11 is 0. The van der Waals surface area contributed by atoms with Crippen LogP contribution in [0.4, 0.5) is 0 Å². The molecule has 0 amide bonds. The maximum atomic E-state index is 11.3. The molecule has 3 aromatic rings. The van der Waals surface area contributed by atoms with Gasteiger partial charge in [0.25, 0.3) is 5.56 Å². The summed E-state index contributed by atoms with van der Waals surface area (Å²) in [4.78, 5) is 11.3. The smallest absolute Gasteiger partial charge is 0.264 e. The molecule has 1 aromatic carbocycles. The number of aromatic amines is 1. The van der Waals surface area contributed by atoms with Gasteiger partial charge in [-0.25, -0.2) is 5.10 Å². The number of aryl methyl sites for hydroxylation is 1. The minimum absolute atomic E-state index is 0.188.